The summed E-state index contributed by atoms with van der Waals surface area (Å²) in [6, 6.07) is 16.6. The lowest BCUT2D eigenvalue weighted by Gasteiger charge is -2.09. The maximum absolute atomic E-state index is 4.20. The summed E-state index contributed by atoms with van der Waals surface area (Å²) < 4.78 is 1.10. The van der Waals surface area contributed by atoms with E-state index >= 15 is 0 Å². The first kappa shape index (κ1) is 12.2. The average molecular weight is 313 g/mol. The summed E-state index contributed by atoms with van der Waals surface area (Å²) in [4.78, 5) is 4.20. The van der Waals surface area contributed by atoms with Gasteiger partial charge in [0.15, 0.2) is 0 Å². The molecule has 0 fully saturated rings. The molecule has 0 atom stereocenters. The number of aromatic nitrogens is 1. The molecule has 2 nitrogen and oxygen atoms in total. The molecule has 3 rings (SSSR count). The van der Waals surface area contributed by atoms with Gasteiger partial charge in [0.2, 0.25) is 0 Å². The van der Waals surface area contributed by atoms with E-state index in [9.17, 15) is 0 Å². The minimum atomic E-state index is 0.799. The molecule has 0 spiro atoms. The van der Waals surface area contributed by atoms with Crippen molar-refractivity contribution < 1.29 is 0 Å². The maximum Gasteiger partial charge on any atom is 0.0438 e. The molecule has 0 saturated carbocycles. The smallest absolute Gasteiger partial charge is 0.0438 e. The summed E-state index contributed by atoms with van der Waals surface area (Å²) in [5.41, 5.74) is 2.36. The van der Waals surface area contributed by atoms with Crippen LogP contribution in [-0.4, -0.2) is 4.98 Å². The second-order valence-corrected chi connectivity index (χ2v) is 5.30. The van der Waals surface area contributed by atoms with E-state index in [1.807, 2.05) is 30.6 Å². The van der Waals surface area contributed by atoms with Crippen LogP contribution < -0.4 is 5.32 Å². The number of rotatable bonds is 3. The molecule has 1 N–H and O–H groups in total. The summed E-state index contributed by atoms with van der Waals surface area (Å²) >= 11 is 3.49. The molecule has 0 unspecified atom stereocenters. The molecule has 19 heavy (non-hydrogen) atoms. The molecule has 2 aromatic carbocycles. The molecule has 3 heteroatoms. The first-order valence-electron chi connectivity index (χ1n) is 6.14. The van der Waals surface area contributed by atoms with Gasteiger partial charge in [-0.15, -0.1) is 0 Å². The van der Waals surface area contributed by atoms with Gasteiger partial charge in [0.25, 0.3) is 0 Å². The van der Waals surface area contributed by atoms with Crippen LogP contribution in [0, 0.1) is 0 Å². The van der Waals surface area contributed by atoms with E-state index in [0.717, 1.165) is 22.1 Å². The number of anilines is 1. The Kier molecular flexibility index (Phi) is 3.47. The van der Waals surface area contributed by atoms with Gasteiger partial charge in [-0.2, -0.15) is 0 Å². The van der Waals surface area contributed by atoms with Gasteiger partial charge in [-0.1, -0.05) is 40.2 Å². The number of halogens is 1. The Labute approximate surface area is 120 Å². The van der Waals surface area contributed by atoms with Gasteiger partial charge < -0.3 is 5.32 Å². The lowest BCUT2D eigenvalue weighted by molar-refractivity contribution is 1.15. The molecule has 0 aliphatic rings. The largest absolute Gasteiger partial charge is 0.380 e. The zero-order chi connectivity index (χ0) is 13.1. The van der Waals surface area contributed by atoms with E-state index in [1.54, 1.807) is 0 Å². The Bertz CT molecular complexity index is 704. The number of nitrogens with zero attached hydrogens (tertiary/aromatic N) is 1. The Balaban J connectivity index is 1.86. The molecule has 94 valence electrons. The highest BCUT2D eigenvalue weighted by atomic mass is 79.9. The second kappa shape index (κ2) is 5.41. The quantitative estimate of drug-likeness (QED) is 0.764. The van der Waals surface area contributed by atoms with Crippen molar-refractivity contribution in [2.45, 2.75) is 6.54 Å². The topological polar surface area (TPSA) is 24.9 Å². The Morgan fingerprint density at radius 1 is 1.05 bits per heavy atom. The summed E-state index contributed by atoms with van der Waals surface area (Å²) in [6.45, 7) is 0.799. The fraction of sp³-hybridized carbons (Fsp3) is 0.0625. The summed E-state index contributed by atoms with van der Waals surface area (Å²) in [5, 5.41) is 5.83. The number of fused-ring (bicyclic) bond motifs is 1. The highest BCUT2D eigenvalue weighted by molar-refractivity contribution is 9.10. The lowest BCUT2D eigenvalue weighted by atomic mass is 10.1. The zero-order valence-electron chi connectivity index (χ0n) is 10.3. The summed E-state index contributed by atoms with van der Waals surface area (Å²) in [6.07, 6.45) is 3.72. The number of nitrogens with one attached hydrogen (secondary N) is 1. The molecular formula is C16H13BrN2. The highest BCUT2D eigenvalue weighted by Gasteiger charge is 2.00. The fourth-order valence-corrected chi connectivity index (χ4v) is 2.56. The first-order chi connectivity index (χ1) is 9.33. The van der Waals surface area contributed by atoms with Crippen molar-refractivity contribution in [2.24, 2.45) is 0 Å². The van der Waals surface area contributed by atoms with Gasteiger partial charge >= 0.3 is 0 Å². The fourth-order valence-electron chi connectivity index (χ4n) is 2.11. The molecule has 0 radical (unpaired) electrons. The van der Waals surface area contributed by atoms with Crippen molar-refractivity contribution in [2.75, 3.05) is 5.32 Å². The normalized spacial score (nSPS) is 10.6. The third-order valence-electron chi connectivity index (χ3n) is 3.06. The van der Waals surface area contributed by atoms with Crippen molar-refractivity contribution in [1.82, 2.24) is 4.98 Å². The molecule has 1 aromatic heterocycles. The zero-order valence-corrected chi connectivity index (χ0v) is 11.9. The van der Waals surface area contributed by atoms with E-state index in [0.29, 0.717) is 0 Å². The van der Waals surface area contributed by atoms with E-state index in [2.05, 4.69) is 56.6 Å². The minimum absolute atomic E-state index is 0.799. The van der Waals surface area contributed by atoms with Crippen LogP contribution in [0.25, 0.3) is 10.8 Å². The monoisotopic (exact) mass is 312 g/mol. The molecule has 0 saturated heterocycles. The standard InChI is InChI=1S/C16H13BrN2/c17-14-5-1-3-12(9-14)10-19-16-6-2-4-13-7-8-18-11-15(13)16/h1-9,11,19H,10H2. The molecule has 3 aromatic rings. The Hall–Kier alpha value is -1.87. The molecule has 0 aliphatic carbocycles. The van der Waals surface area contributed by atoms with Gasteiger partial charge in [0, 0.05) is 34.5 Å². The number of hydrogen-bond donors (Lipinski definition) is 1. The van der Waals surface area contributed by atoms with Crippen molar-refractivity contribution in [3.05, 3.63) is 71.0 Å². The number of pyridine rings is 1. The summed E-state index contributed by atoms with van der Waals surface area (Å²) in [7, 11) is 0. The second-order valence-electron chi connectivity index (χ2n) is 4.39. The maximum atomic E-state index is 4.20. The number of benzene rings is 2. The Morgan fingerprint density at radius 3 is 2.84 bits per heavy atom. The van der Waals surface area contributed by atoms with E-state index in [1.165, 1.54) is 10.9 Å². The van der Waals surface area contributed by atoms with Crippen LogP contribution in [-0.2, 0) is 6.54 Å². The van der Waals surface area contributed by atoms with Crippen molar-refractivity contribution in [1.29, 1.82) is 0 Å². The van der Waals surface area contributed by atoms with E-state index in [4.69, 9.17) is 0 Å². The van der Waals surface area contributed by atoms with Gasteiger partial charge in [-0.05, 0) is 35.2 Å². The predicted octanol–water partition coefficient (Wildman–Crippen LogP) is 4.61. The van der Waals surface area contributed by atoms with E-state index in [-0.39, 0.29) is 0 Å². The average Bonchev–Trinajstić information content (AvgIpc) is 2.45. The van der Waals surface area contributed by atoms with Crippen molar-refractivity contribution >= 4 is 32.4 Å². The Morgan fingerprint density at radius 2 is 1.95 bits per heavy atom. The molecular weight excluding hydrogens is 300 g/mol. The number of hydrogen-bond acceptors (Lipinski definition) is 2. The van der Waals surface area contributed by atoms with Crippen LogP contribution in [0.3, 0.4) is 0 Å². The van der Waals surface area contributed by atoms with Crippen LogP contribution in [0.2, 0.25) is 0 Å². The van der Waals surface area contributed by atoms with Crippen LogP contribution in [0.1, 0.15) is 5.56 Å². The van der Waals surface area contributed by atoms with Crippen LogP contribution in [0.15, 0.2) is 65.4 Å². The predicted molar refractivity (Wildman–Crippen MR) is 83.2 cm³/mol. The van der Waals surface area contributed by atoms with Crippen LogP contribution >= 0.6 is 15.9 Å². The minimum Gasteiger partial charge on any atom is -0.380 e. The van der Waals surface area contributed by atoms with Crippen LogP contribution in [0.4, 0.5) is 5.69 Å². The van der Waals surface area contributed by atoms with Crippen molar-refractivity contribution in [3.63, 3.8) is 0 Å². The third kappa shape index (κ3) is 2.76. The van der Waals surface area contributed by atoms with Gasteiger partial charge in [0.05, 0.1) is 0 Å². The van der Waals surface area contributed by atoms with Gasteiger partial charge in [0.1, 0.15) is 0 Å². The SMILES string of the molecule is Brc1cccc(CNc2cccc3ccncc23)c1. The molecule has 0 aliphatic heterocycles. The van der Waals surface area contributed by atoms with Gasteiger partial charge in [-0.25, -0.2) is 0 Å². The molecule has 0 amide bonds. The first-order valence-corrected chi connectivity index (χ1v) is 6.93. The summed E-state index contributed by atoms with van der Waals surface area (Å²) in [5.74, 6) is 0. The van der Waals surface area contributed by atoms with Gasteiger partial charge in [-0.3, -0.25) is 4.98 Å². The molecule has 0 bridgehead atoms. The van der Waals surface area contributed by atoms with E-state index < -0.39 is 0 Å². The third-order valence-corrected chi connectivity index (χ3v) is 3.55. The van der Waals surface area contributed by atoms with Crippen molar-refractivity contribution in [3.8, 4) is 0 Å². The highest BCUT2D eigenvalue weighted by Crippen LogP contribution is 2.23. The lowest BCUT2D eigenvalue weighted by Crippen LogP contribution is -1.99. The van der Waals surface area contributed by atoms with Crippen LogP contribution in [0.5, 0.6) is 0 Å². The molecule has 1 heterocycles.